The average Bonchev–Trinajstić information content (AvgIpc) is 3.14. The highest BCUT2D eigenvalue weighted by atomic mass is 32.1. The lowest BCUT2D eigenvalue weighted by Gasteiger charge is -2.30. The number of thiazole rings is 1. The number of hydrogen-bond acceptors (Lipinski definition) is 6. The molecule has 1 saturated heterocycles. The number of aromatic nitrogens is 1. The zero-order valence-electron chi connectivity index (χ0n) is 15.7. The third-order valence-corrected chi connectivity index (χ3v) is 5.69. The molecule has 1 aromatic carbocycles. The van der Waals surface area contributed by atoms with Gasteiger partial charge in [0, 0.05) is 30.0 Å². The summed E-state index contributed by atoms with van der Waals surface area (Å²) in [4.78, 5) is 41.5. The van der Waals surface area contributed by atoms with Crippen LogP contribution < -0.4 is 5.73 Å². The summed E-state index contributed by atoms with van der Waals surface area (Å²) >= 11 is 1.47. The number of benzene rings is 1. The molecular weight excluding hydrogens is 378 g/mol. The van der Waals surface area contributed by atoms with E-state index in [-0.39, 0.29) is 30.8 Å². The van der Waals surface area contributed by atoms with Crippen molar-refractivity contribution in [3.63, 3.8) is 0 Å². The van der Waals surface area contributed by atoms with Crippen molar-refractivity contribution >= 4 is 29.1 Å². The van der Waals surface area contributed by atoms with E-state index in [4.69, 9.17) is 10.5 Å². The van der Waals surface area contributed by atoms with E-state index >= 15 is 0 Å². The molecule has 0 spiro atoms. The van der Waals surface area contributed by atoms with E-state index in [0.717, 1.165) is 16.1 Å². The summed E-state index contributed by atoms with van der Waals surface area (Å²) < 4.78 is 5.11. The molecule has 2 amide bonds. The second-order valence-electron chi connectivity index (χ2n) is 6.91. The van der Waals surface area contributed by atoms with Crippen molar-refractivity contribution in [1.82, 2.24) is 9.88 Å². The largest absolute Gasteiger partial charge is 0.455 e. The number of likely N-dealkylation sites (tertiary alicyclic amines) is 1. The van der Waals surface area contributed by atoms with E-state index in [2.05, 4.69) is 4.98 Å². The fourth-order valence-corrected chi connectivity index (χ4v) is 3.96. The summed E-state index contributed by atoms with van der Waals surface area (Å²) in [6, 6.07) is 8.01. The van der Waals surface area contributed by atoms with E-state index in [0.29, 0.717) is 31.6 Å². The zero-order chi connectivity index (χ0) is 20.1. The highest BCUT2D eigenvalue weighted by Gasteiger charge is 2.26. The van der Waals surface area contributed by atoms with Gasteiger partial charge in [0.1, 0.15) is 5.01 Å². The monoisotopic (exact) mass is 401 g/mol. The molecule has 1 aliphatic heterocycles. The number of carbonyl (C=O) groups excluding carboxylic acids is 3. The maximum Gasteiger partial charge on any atom is 0.312 e. The van der Waals surface area contributed by atoms with Crippen LogP contribution in [0.1, 0.15) is 24.1 Å². The van der Waals surface area contributed by atoms with Crippen molar-refractivity contribution in [2.75, 3.05) is 19.7 Å². The number of nitrogens with zero attached hydrogens (tertiary/aromatic N) is 2. The highest BCUT2D eigenvalue weighted by Crippen LogP contribution is 2.24. The molecular formula is C20H23N3O4S. The first-order valence-corrected chi connectivity index (χ1v) is 10.0. The Balaban J connectivity index is 1.46. The Morgan fingerprint density at radius 2 is 2.04 bits per heavy atom. The quantitative estimate of drug-likeness (QED) is 0.745. The maximum absolute atomic E-state index is 12.2. The van der Waals surface area contributed by atoms with Gasteiger partial charge in [-0.05, 0) is 25.8 Å². The summed E-state index contributed by atoms with van der Waals surface area (Å²) in [6.07, 6.45) is 1.13. The van der Waals surface area contributed by atoms with E-state index < -0.39 is 5.97 Å². The van der Waals surface area contributed by atoms with Crippen molar-refractivity contribution in [1.29, 1.82) is 0 Å². The normalized spacial score (nSPS) is 14.7. The molecule has 0 saturated carbocycles. The Morgan fingerprint density at radius 1 is 1.29 bits per heavy atom. The van der Waals surface area contributed by atoms with Crippen LogP contribution in [0.2, 0.25) is 0 Å². The average molecular weight is 401 g/mol. The Labute approximate surface area is 167 Å². The number of primary amides is 1. The van der Waals surface area contributed by atoms with Crippen molar-refractivity contribution in [2.45, 2.75) is 26.2 Å². The summed E-state index contributed by atoms with van der Waals surface area (Å²) in [7, 11) is 0. The molecule has 0 radical (unpaired) electrons. The fourth-order valence-electron chi connectivity index (χ4n) is 3.14. The van der Waals surface area contributed by atoms with Crippen molar-refractivity contribution in [2.24, 2.45) is 11.7 Å². The standard InChI is InChI=1S/C20H23N3O4S/c1-13-3-2-4-15(9-13)20-22-16(12-28-20)10-18(25)27-11-17(24)23-7-5-14(6-8-23)19(21)26/h2-4,9,12,14H,5-8,10-11H2,1H3,(H2,21,26). The molecule has 8 heteroatoms. The summed E-state index contributed by atoms with van der Waals surface area (Å²) in [5.41, 5.74) is 8.07. The first kappa shape index (κ1) is 20.0. The minimum Gasteiger partial charge on any atom is -0.455 e. The van der Waals surface area contributed by atoms with Gasteiger partial charge in [0.2, 0.25) is 5.91 Å². The molecule has 2 heterocycles. The Bertz CT molecular complexity index is 872. The lowest BCUT2D eigenvalue weighted by molar-refractivity contribution is -0.152. The van der Waals surface area contributed by atoms with Crippen LogP contribution in [0.15, 0.2) is 29.6 Å². The van der Waals surface area contributed by atoms with E-state index in [9.17, 15) is 14.4 Å². The molecule has 2 N–H and O–H groups in total. The first-order valence-electron chi connectivity index (χ1n) is 9.16. The van der Waals surface area contributed by atoms with Crippen LogP contribution in [0.5, 0.6) is 0 Å². The fraction of sp³-hybridized carbons (Fsp3) is 0.400. The lowest BCUT2D eigenvalue weighted by Crippen LogP contribution is -2.43. The predicted octanol–water partition coefficient (Wildman–Crippen LogP) is 1.93. The van der Waals surface area contributed by atoms with Gasteiger partial charge in [-0.3, -0.25) is 14.4 Å². The van der Waals surface area contributed by atoms with Gasteiger partial charge in [-0.2, -0.15) is 0 Å². The van der Waals surface area contributed by atoms with Crippen LogP contribution in [-0.4, -0.2) is 47.4 Å². The third kappa shape index (κ3) is 5.16. The summed E-state index contributed by atoms with van der Waals surface area (Å²) in [5.74, 6) is -1.25. The molecule has 0 atom stereocenters. The molecule has 1 aromatic heterocycles. The van der Waals surface area contributed by atoms with Crippen LogP contribution in [0.3, 0.4) is 0 Å². The molecule has 1 fully saturated rings. The highest BCUT2D eigenvalue weighted by molar-refractivity contribution is 7.13. The number of nitrogens with two attached hydrogens (primary N) is 1. The van der Waals surface area contributed by atoms with Gasteiger partial charge in [0.15, 0.2) is 6.61 Å². The SMILES string of the molecule is Cc1cccc(-c2nc(CC(=O)OCC(=O)N3CCC(C(N)=O)CC3)cs2)c1. The van der Waals surface area contributed by atoms with Crippen LogP contribution in [-0.2, 0) is 25.5 Å². The smallest absolute Gasteiger partial charge is 0.312 e. The Kier molecular flexibility index (Phi) is 6.41. The van der Waals surface area contributed by atoms with Gasteiger partial charge in [-0.15, -0.1) is 11.3 Å². The van der Waals surface area contributed by atoms with E-state index in [1.54, 1.807) is 4.90 Å². The van der Waals surface area contributed by atoms with Crippen molar-refractivity contribution in [3.8, 4) is 10.6 Å². The Hall–Kier alpha value is -2.74. The maximum atomic E-state index is 12.2. The molecule has 1 aliphatic rings. The van der Waals surface area contributed by atoms with Crippen molar-refractivity contribution in [3.05, 3.63) is 40.9 Å². The topological polar surface area (TPSA) is 103 Å². The van der Waals surface area contributed by atoms with Gasteiger partial charge < -0.3 is 15.4 Å². The summed E-state index contributed by atoms with van der Waals surface area (Å²) in [5, 5.41) is 2.68. The number of hydrogen-bond donors (Lipinski definition) is 1. The third-order valence-electron chi connectivity index (χ3n) is 4.75. The predicted molar refractivity (Wildman–Crippen MR) is 105 cm³/mol. The minimum atomic E-state index is -0.485. The number of aryl methyl sites for hydroxylation is 1. The molecule has 148 valence electrons. The number of amides is 2. The minimum absolute atomic E-state index is 0.0271. The first-order chi connectivity index (χ1) is 13.4. The van der Waals surface area contributed by atoms with Crippen LogP contribution in [0, 0.1) is 12.8 Å². The van der Waals surface area contributed by atoms with Crippen molar-refractivity contribution < 1.29 is 19.1 Å². The molecule has 7 nitrogen and oxygen atoms in total. The number of piperidine rings is 1. The number of esters is 1. The number of rotatable bonds is 6. The molecule has 28 heavy (non-hydrogen) atoms. The second kappa shape index (κ2) is 8.97. The van der Waals surface area contributed by atoms with Gasteiger partial charge in [0.25, 0.3) is 5.91 Å². The zero-order valence-corrected chi connectivity index (χ0v) is 16.5. The summed E-state index contributed by atoms with van der Waals surface area (Å²) in [6.45, 7) is 2.63. The van der Waals surface area contributed by atoms with Gasteiger partial charge in [-0.1, -0.05) is 23.8 Å². The second-order valence-corrected chi connectivity index (χ2v) is 7.77. The molecule has 2 aromatic rings. The van der Waals surface area contributed by atoms with Gasteiger partial charge >= 0.3 is 5.97 Å². The Morgan fingerprint density at radius 3 is 2.71 bits per heavy atom. The van der Waals surface area contributed by atoms with Crippen LogP contribution in [0.25, 0.3) is 10.6 Å². The van der Waals surface area contributed by atoms with Gasteiger partial charge in [-0.25, -0.2) is 4.98 Å². The molecule has 0 aliphatic carbocycles. The molecule has 3 rings (SSSR count). The van der Waals surface area contributed by atoms with E-state index in [1.807, 2.05) is 36.6 Å². The van der Waals surface area contributed by atoms with Crippen LogP contribution in [0.4, 0.5) is 0 Å². The molecule has 0 unspecified atom stereocenters. The lowest BCUT2D eigenvalue weighted by atomic mass is 9.96. The molecule has 0 bridgehead atoms. The van der Waals surface area contributed by atoms with E-state index in [1.165, 1.54) is 11.3 Å². The number of ether oxygens (including phenoxy) is 1. The van der Waals surface area contributed by atoms with Crippen LogP contribution >= 0.6 is 11.3 Å². The number of carbonyl (C=O) groups is 3. The van der Waals surface area contributed by atoms with Gasteiger partial charge in [0.05, 0.1) is 12.1 Å².